The Morgan fingerprint density at radius 1 is 0.818 bits per heavy atom. The number of para-hydroxylation sites is 1. The van der Waals surface area contributed by atoms with Crippen LogP contribution in [0.15, 0.2) is 83.0 Å². The summed E-state index contributed by atoms with van der Waals surface area (Å²) in [6.45, 7) is 3.43. The van der Waals surface area contributed by atoms with Gasteiger partial charge in [-0.1, -0.05) is 30.3 Å². The Labute approximate surface area is 193 Å². The molecule has 3 rings (SSSR count). The molecule has 0 atom stereocenters. The summed E-state index contributed by atoms with van der Waals surface area (Å²) in [7, 11) is 0. The first-order chi connectivity index (χ1) is 16.2. The van der Waals surface area contributed by atoms with E-state index in [1.165, 1.54) is 0 Å². The van der Waals surface area contributed by atoms with Crippen LogP contribution in [0.4, 0.5) is 5.69 Å². The summed E-state index contributed by atoms with van der Waals surface area (Å²) in [5.41, 5.74) is 2.54. The minimum Gasteiger partial charge on any atom is -0.299 e. The molecule has 0 bridgehead atoms. The molecular weight excluding hydrogens is 416 g/mol. The van der Waals surface area contributed by atoms with Crippen molar-refractivity contribution in [1.82, 2.24) is 14.9 Å². The maximum Gasteiger partial charge on any atom is 0.273 e. The Balaban J connectivity index is 1.54. The van der Waals surface area contributed by atoms with Gasteiger partial charge in [0.2, 0.25) is 0 Å². The van der Waals surface area contributed by atoms with E-state index in [2.05, 4.69) is 24.9 Å². The molecule has 0 N–H and O–H groups in total. The van der Waals surface area contributed by atoms with Gasteiger partial charge in [0.05, 0.1) is 16.3 Å². The monoisotopic (exact) mass is 444 g/mol. The number of pyridine rings is 2. The van der Waals surface area contributed by atoms with E-state index in [0.29, 0.717) is 19.6 Å². The van der Waals surface area contributed by atoms with Crippen LogP contribution < -0.4 is 0 Å². The molecule has 1 aromatic carbocycles. The maximum absolute atomic E-state index is 11.4. The molecular formula is C25H28N6O2. The van der Waals surface area contributed by atoms with E-state index in [1.54, 1.807) is 37.0 Å². The third-order valence-electron chi connectivity index (χ3n) is 4.93. The number of nitrogens with zero attached hydrogens (tertiary/aromatic N) is 6. The zero-order valence-electron chi connectivity index (χ0n) is 18.5. The summed E-state index contributed by atoms with van der Waals surface area (Å²) in [6.07, 6.45) is 8.73. The van der Waals surface area contributed by atoms with Crippen molar-refractivity contribution in [2.24, 2.45) is 9.98 Å². The van der Waals surface area contributed by atoms with Crippen LogP contribution in [-0.4, -0.2) is 58.4 Å². The summed E-state index contributed by atoms with van der Waals surface area (Å²) in [4.78, 5) is 30.7. The van der Waals surface area contributed by atoms with Crippen LogP contribution in [0, 0.1) is 10.1 Å². The van der Waals surface area contributed by atoms with E-state index in [1.807, 2.05) is 48.5 Å². The Kier molecular flexibility index (Phi) is 9.83. The van der Waals surface area contributed by atoms with Crippen LogP contribution >= 0.6 is 0 Å². The first-order valence-corrected chi connectivity index (χ1v) is 11.0. The fourth-order valence-electron chi connectivity index (χ4n) is 3.33. The molecule has 170 valence electrons. The molecule has 2 heterocycles. The third-order valence-corrected chi connectivity index (χ3v) is 4.93. The van der Waals surface area contributed by atoms with E-state index in [-0.39, 0.29) is 10.6 Å². The number of hydrogen-bond donors (Lipinski definition) is 0. The van der Waals surface area contributed by atoms with Crippen molar-refractivity contribution in [1.29, 1.82) is 0 Å². The van der Waals surface area contributed by atoms with E-state index < -0.39 is 0 Å². The van der Waals surface area contributed by atoms with Crippen LogP contribution in [0.5, 0.6) is 0 Å². The largest absolute Gasteiger partial charge is 0.299 e. The summed E-state index contributed by atoms with van der Waals surface area (Å²) in [6, 6.07) is 18.4. The highest BCUT2D eigenvalue weighted by Gasteiger charge is 2.15. The second kappa shape index (κ2) is 13.6. The van der Waals surface area contributed by atoms with Gasteiger partial charge < -0.3 is 0 Å². The smallest absolute Gasteiger partial charge is 0.273 e. The molecule has 8 heteroatoms. The van der Waals surface area contributed by atoms with Gasteiger partial charge in [-0.15, -0.1) is 0 Å². The lowest BCUT2D eigenvalue weighted by atomic mass is 10.1. The normalized spacial score (nSPS) is 11.5. The van der Waals surface area contributed by atoms with Crippen LogP contribution in [0.25, 0.3) is 0 Å². The van der Waals surface area contributed by atoms with Crippen molar-refractivity contribution in [3.63, 3.8) is 0 Å². The number of aliphatic imine (C=N–C) groups is 2. The molecule has 0 amide bonds. The molecule has 2 aromatic heterocycles. The van der Waals surface area contributed by atoms with E-state index >= 15 is 0 Å². The maximum atomic E-state index is 11.4. The molecule has 0 aliphatic rings. The molecule has 0 saturated heterocycles. The number of nitro benzene ring substituents is 1. The average molecular weight is 445 g/mol. The highest BCUT2D eigenvalue weighted by molar-refractivity contribution is 5.77. The van der Waals surface area contributed by atoms with Crippen molar-refractivity contribution in [3.8, 4) is 0 Å². The topological polar surface area (TPSA) is 96.9 Å². The van der Waals surface area contributed by atoms with E-state index in [4.69, 9.17) is 0 Å². The van der Waals surface area contributed by atoms with Crippen LogP contribution in [0.1, 0.15) is 29.8 Å². The molecule has 0 fully saturated rings. The summed E-state index contributed by atoms with van der Waals surface area (Å²) < 4.78 is 0. The van der Waals surface area contributed by atoms with Crippen molar-refractivity contribution in [2.75, 3.05) is 26.2 Å². The van der Waals surface area contributed by atoms with E-state index in [0.717, 1.165) is 42.9 Å². The molecule has 0 radical (unpaired) electrons. The number of benzene rings is 1. The van der Waals surface area contributed by atoms with Crippen LogP contribution in [0.3, 0.4) is 0 Å². The van der Waals surface area contributed by atoms with Gasteiger partial charge in [0, 0.05) is 69.2 Å². The molecule has 0 saturated carbocycles. The minimum atomic E-state index is -0.318. The van der Waals surface area contributed by atoms with Crippen molar-refractivity contribution < 1.29 is 4.92 Å². The van der Waals surface area contributed by atoms with Gasteiger partial charge >= 0.3 is 0 Å². The molecule has 3 aromatic rings. The summed E-state index contributed by atoms with van der Waals surface area (Å²) >= 11 is 0. The lowest BCUT2D eigenvalue weighted by Crippen LogP contribution is -2.27. The lowest BCUT2D eigenvalue weighted by Gasteiger charge is -2.21. The average Bonchev–Trinajstić information content (AvgIpc) is 2.85. The van der Waals surface area contributed by atoms with Gasteiger partial charge in [-0.05, 0) is 37.1 Å². The molecule has 0 unspecified atom stereocenters. The Hall–Kier alpha value is -3.78. The number of nitro groups is 1. The molecule has 33 heavy (non-hydrogen) atoms. The molecule has 0 aliphatic heterocycles. The van der Waals surface area contributed by atoms with Gasteiger partial charge in [-0.2, -0.15) is 0 Å². The highest BCUT2D eigenvalue weighted by Crippen LogP contribution is 2.19. The number of aromatic nitrogens is 2. The van der Waals surface area contributed by atoms with Gasteiger partial charge in [0.25, 0.3) is 5.69 Å². The Morgan fingerprint density at radius 2 is 1.36 bits per heavy atom. The fraction of sp³-hybridized carbons (Fsp3) is 0.280. The molecule has 8 nitrogen and oxygen atoms in total. The van der Waals surface area contributed by atoms with Crippen LogP contribution in [0.2, 0.25) is 0 Å². The van der Waals surface area contributed by atoms with Crippen LogP contribution in [-0.2, 0) is 6.54 Å². The standard InChI is InChI=1S/C25H28N6O2/c32-31(33)25-12-2-1-9-22(25)21-30(17-7-13-26-19-23-10-3-5-15-28-23)18-8-14-27-20-24-11-4-6-16-29-24/h1-6,9-12,15-16,19-20H,7-8,13-14,17-18,21H2. The minimum absolute atomic E-state index is 0.156. The van der Waals surface area contributed by atoms with Gasteiger partial charge in [-0.3, -0.25) is 35.0 Å². The molecule has 0 aliphatic carbocycles. The summed E-state index contributed by atoms with van der Waals surface area (Å²) in [5, 5.41) is 11.4. The first-order valence-electron chi connectivity index (χ1n) is 11.0. The number of rotatable bonds is 13. The van der Waals surface area contributed by atoms with Crippen molar-refractivity contribution >= 4 is 18.1 Å². The Morgan fingerprint density at radius 3 is 1.88 bits per heavy atom. The van der Waals surface area contributed by atoms with Crippen molar-refractivity contribution in [3.05, 3.63) is 100 Å². The van der Waals surface area contributed by atoms with E-state index in [9.17, 15) is 10.1 Å². The first kappa shape index (κ1) is 23.9. The highest BCUT2D eigenvalue weighted by atomic mass is 16.6. The summed E-state index contributed by atoms with van der Waals surface area (Å²) in [5.74, 6) is 0. The quantitative estimate of drug-likeness (QED) is 0.170. The van der Waals surface area contributed by atoms with Gasteiger partial charge in [0.1, 0.15) is 0 Å². The lowest BCUT2D eigenvalue weighted by molar-refractivity contribution is -0.385. The Bertz CT molecular complexity index is 986. The zero-order valence-corrected chi connectivity index (χ0v) is 18.5. The predicted octanol–water partition coefficient (Wildman–Crippen LogP) is 4.21. The fourth-order valence-corrected chi connectivity index (χ4v) is 3.33. The second-order valence-corrected chi connectivity index (χ2v) is 7.45. The third kappa shape index (κ3) is 8.70. The number of hydrogen-bond acceptors (Lipinski definition) is 7. The molecule has 0 spiro atoms. The predicted molar refractivity (Wildman–Crippen MR) is 131 cm³/mol. The van der Waals surface area contributed by atoms with Crippen molar-refractivity contribution in [2.45, 2.75) is 19.4 Å². The van der Waals surface area contributed by atoms with Gasteiger partial charge in [0.15, 0.2) is 0 Å². The zero-order chi connectivity index (χ0) is 23.1. The second-order valence-electron chi connectivity index (χ2n) is 7.45. The van der Waals surface area contributed by atoms with Gasteiger partial charge in [-0.25, -0.2) is 0 Å². The SMILES string of the molecule is O=[N+]([O-])c1ccccc1CN(CCCN=Cc1ccccn1)CCCN=Cc1ccccn1.